The number of aliphatic carboxylic acids is 1. The van der Waals surface area contributed by atoms with Crippen molar-refractivity contribution in [3.8, 4) is 11.5 Å². The highest BCUT2D eigenvalue weighted by Crippen LogP contribution is 2.34. The van der Waals surface area contributed by atoms with Crippen LogP contribution in [0.1, 0.15) is 13.3 Å². The van der Waals surface area contributed by atoms with Gasteiger partial charge in [0.15, 0.2) is 11.5 Å². The lowest BCUT2D eigenvalue weighted by Gasteiger charge is -2.29. The smallest absolute Gasteiger partial charge is 0.311 e. The third-order valence-electron chi connectivity index (χ3n) is 4.09. The van der Waals surface area contributed by atoms with Crippen LogP contribution < -0.4 is 9.47 Å². The second-order valence-corrected chi connectivity index (χ2v) is 5.74. The van der Waals surface area contributed by atoms with Crippen molar-refractivity contribution in [3.05, 3.63) is 24.3 Å². The molecular formula is C15H17NO5. The Kier molecular flexibility index (Phi) is 3.23. The first kappa shape index (κ1) is 13.7. The van der Waals surface area contributed by atoms with Gasteiger partial charge in [0.2, 0.25) is 6.10 Å². The summed E-state index contributed by atoms with van der Waals surface area (Å²) < 4.78 is 11.2. The Morgan fingerprint density at radius 1 is 1.33 bits per heavy atom. The molecule has 0 aromatic heterocycles. The number of para-hydroxylation sites is 2. The maximum Gasteiger partial charge on any atom is 0.311 e. The Bertz CT molecular complexity index is 587. The Hall–Kier alpha value is -2.24. The largest absolute Gasteiger partial charge is 0.485 e. The molecule has 0 radical (unpaired) electrons. The number of carboxylic acids is 1. The highest BCUT2D eigenvalue weighted by atomic mass is 16.6. The summed E-state index contributed by atoms with van der Waals surface area (Å²) in [5, 5.41) is 9.22. The highest BCUT2D eigenvalue weighted by Gasteiger charge is 2.44. The van der Waals surface area contributed by atoms with Gasteiger partial charge < -0.3 is 19.5 Å². The lowest BCUT2D eigenvalue weighted by atomic mass is 9.90. The minimum Gasteiger partial charge on any atom is -0.485 e. The molecule has 1 aromatic rings. The number of rotatable bonds is 2. The van der Waals surface area contributed by atoms with Crippen LogP contribution in [0.15, 0.2) is 24.3 Å². The summed E-state index contributed by atoms with van der Waals surface area (Å²) in [6, 6.07) is 7.18. The zero-order valence-corrected chi connectivity index (χ0v) is 11.7. The number of carboxylic acid groups (broad SMARTS) is 1. The Morgan fingerprint density at radius 2 is 2.05 bits per heavy atom. The van der Waals surface area contributed by atoms with E-state index in [9.17, 15) is 14.7 Å². The quantitative estimate of drug-likeness (QED) is 0.884. The maximum atomic E-state index is 12.4. The average molecular weight is 291 g/mol. The van der Waals surface area contributed by atoms with E-state index < -0.39 is 17.5 Å². The van der Waals surface area contributed by atoms with Gasteiger partial charge in [-0.1, -0.05) is 12.1 Å². The summed E-state index contributed by atoms with van der Waals surface area (Å²) in [6.45, 7) is 2.46. The van der Waals surface area contributed by atoms with Gasteiger partial charge in [-0.05, 0) is 25.5 Å². The number of ether oxygens (including phenoxy) is 2. The molecule has 21 heavy (non-hydrogen) atoms. The van der Waals surface area contributed by atoms with E-state index in [1.54, 1.807) is 24.0 Å². The van der Waals surface area contributed by atoms with Crippen LogP contribution in [-0.4, -0.2) is 47.7 Å². The number of amides is 1. The molecule has 1 saturated heterocycles. The fourth-order valence-corrected chi connectivity index (χ4v) is 2.67. The molecule has 2 aliphatic rings. The fraction of sp³-hybridized carbons (Fsp3) is 0.467. The molecule has 6 nitrogen and oxygen atoms in total. The van der Waals surface area contributed by atoms with Gasteiger partial charge in [-0.2, -0.15) is 0 Å². The molecule has 3 rings (SSSR count). The van der Waals surface area contributed by atoms with Crippen LogP contribution in [0, 0.1) is 5.41 Å². The van der Waals surface area contributed by atoms with Crippen LogP contribution in [0.4, 0.5) is 0 Å². The fourth-order valence-electron chi connectivity index (χ4n) is 2.67. The van der Waals surface area contributed by atoms with E-state index in [-0.39, 0.29) is 19.1 Å². The average Bonchev–Trinajstić information content (AvgIpc) is 2.90. The molecular weight excluding hydrogens is 274 g/mol. The highest BCUT2D eigenvalue weighted by molar-refractivity contribution is 5.84. The third kappa shape index (κ3) is 2.41. The van der Waals surface area contributed by atoms with Crippen molar-refractivity contribution in [1.82, 2.24) is 4.90 Å². The lowest BCUT2D eigenvalue weighted by Crippen LogP contribution is -2.46. The topological polar surface area (TPSA) is 76.1 Å². The van der Waals surface area contributed by atoms with Crippen molar-refractivity contribution >= 4 is 11.9 Å². The summed E-state index contributed by atoms with van der Waals surface area (Å²) in [7, 11) is 0. The van der Waals surface area contributed by atoms with Gasteiger partial charge in [0.05, 0.1) is 5.41 Å². The Labute approximate surface area is 122 Å². The number of fused-ring (bicyclic) bond motifs is 1. The van der Waals surface area contributed by atoms with E-state index in [0.29, 0.717) is 24.5 Å². The van der Waals surface area contributed by atoms with Crippen molar-refractivity contribution < 1.29 is 24.2 Å². The van der Waals surface area contributed by atoms with Crippen LogP contribution in [0.2, 0.25) is 0 Å². The minimum absolute atomic E-state index is 0.149. The molecule has 1 amide bonds. The number of carbonyl (C=O) groups excluding carboxylic acids is 1. The molecule has 2 atom stereocenters. The van der Waals surface area contributed by atoms with E-state index in [1.165, 1.54) is 0 Å². The summed E-state index contributed by atoms with van der Waals surface area (Å²) in [6.07, 6.45) is -0.255. The standard InChI is InChI=1S/C15H17NO5/c1-15(14(18)19)6-7-16(9-15)13(17)12-8-20-10-4-2-3-5-11(10)21-12/h2-5,12H,6-9H2,1H3,(H,18,19)/t12-,15+/m1/s1. The molecule has 6 heteroatoms. The Morgan fingerprint density at radius 3 is 2.71 bits per heavy atom. The van der Waals surface area contributed by atoms with Gasteiger partial charge in [-0.3, -0.25) is 9.59 Å². The van der Waals surface area contributed by atoms with Crippen molar-refractivity contribution in [2.75, 3.05) is 19.7 Å². The van der Waals surface area contributed by atoms with Gasteiger partial charge >= 0.3 is 5.97 Å². The van der Waals surface area contributed by atoms with Gasteiger partial charge in [-0.25, -0.2) is 0 Å². The van der Waals surface area contributed by atoms with Crippen molar-refractivity contribution in [2.24, 2.45) is 5.41 Å². The van der Waals surface area contributed by atoms with Gasteiger partial charge in [0.1, 0.15) is 6.61 Å². The molecule has 2 heterocycles. The number of hydrogen-bond acceptors (Lipinski definition) is 4. The van der Waals surface area contributed by atoms with Crippen LogP contribution in [0.5, 0.6) is 11.5 Å². The molecule has 0 spiro atoms. The van der Waals surface area contributed by atoms with Crippen LogP contribution in [-0.2, 0) is 9.59 Å². The van der Waals surface area contributed by atoms with E-state index >= 15 is 0 Å². The number of hydrogen-bond donors (Lipinski definition) is 1. The van der Waals surface area contributed by atoms with E-state index in [2.05, 4.69) is 0 Å². The van der Waals surface area contributed by atoms with Crippen LogP contribution >= 0.6 is 0 Å². The molecule has 0 saturated carbocycles. The number of benzene rings is 1. The molecule has 1 fully saturated rings. The first-order chi connectivity index (χ1) is 9.99. The molecule has 112 valence electrons. The Balaban J connectivity index is 1.69. The molecule has 1 aromatic carbocycles. The van der Waals surface area contributed by atoms with Crippen molar-refractivity contribution in [2.45, 2.75) is 19.4 Å². The summed E-state index contributed by atoms with van der Waals surface area (Å²) >= 11 is 0. The van der Waals surface area contributed by atoms with Crippen molar-refractivity contribution in [1.29, 1.82) is 0 Å². The molecule has 0 unspecified atom stereocenters. The van der Waals surface area contributed by atoms with Gasteiger partial charge in [0, 0.05) is 13.1 Å². The van der Waals surface area contributed by atoms with E-state index in [0.717, 1.165) is 0 Å². The lowest BCUT2D eigenvalue weighted by molar-refractivity contribution is -0.148. The van der Waals surface area contributed by atoms with Crippen molar-refractivity contribution in [3.63, 3.8) is 0 Å². The summed E-state index contributed by atoms with van der Waals surface area (Å²) in [4.78, 5) is 25.2. The van der Waals surface area contributed by atoms with E-state index in [1.807, 2.05) is 12.1 Å². The maximum absolute atomic E-state index is 12.4. The number of nitrogens with zero attached hydrogens (tertiary/aromatic N) is 1. The summed E-state index contributed by atoms with van der Waals surface area (Å²) in [5.74, 6) is 0.0825. The normalized spacial score (nSPS) is 27.5. The number of likely N-dealkylation sites (tertiary alicyclic amines) is 1. The third-order valence-corrected chi connectivity index (χ3v) is 4.09. The minimum atomic E-state index is -0.872. The molecule has 2 aliphatic heterocycles. The SMILES string of the molecule is C[C@]1(C(=O)O)CCN(C(=O)[C@H]2COc3ccccc3O2)C1. The van der Waals surface area contributed by atoms with Gasteiger partial charge in [-0.15, -0.1) is 0 Å². The summed E-state index contributed by atoms with van der Waals surface area (Å²) in [5.41, 5.74) is -0.872. The predicted molar refractivity (Wildman–Crippen MR) is 73.3 cm³/mol. The second-order valence-electron chi connectivity index (χ2n) is 5.74. The monoisotopic (exact) mass is 291 g/mol. The molecule has 0 bridgehead atoms. The molecule has 1 N–H and O–H groups in total. The number of carbonyl (C=O) groups is 2. The zero-order valence-electron chi connectivity index (χ0n) is 11.7. The molecule has 0 aliphatic carbocycles. The first-order valence-electron chi connectivity index (χ1n) is 6.90. The van der Waals surface area contributed by atoms with Gasteiger partial charge in [0.25, 0.3) is 5.91 Å². The van der Waals surface area contributed by atoms with Crippen LogP contribution in [0.25, 0.3) is 0 Å². The second kappa shape index (κ2) is 4.95. The van der Waals surface area contributed by atoms with Crippen LogP contribution in [0.3, 0.4) is 0 Å². The first-order valence-corrected chi connectivity index (χ1v) is 6.90. The zero-order chi connectivity index (χ0) is 15.0. The van der Waals surface area contributed by atoms with E-state index in [4.69, 9.17) is 9.47 Å². The predicted octanol–water partition coefficient (Wildman–Crippen LogP) is 1.15.